The summed E-state index contributed by atoms with van der Waals surface area (Å²) in [5.74, 6) is -6.11. The topological polar surface area (TPSA) is 122 Å². The minimum atomic E-state index is -1.67. The number of carboxylic acids is 2. The highest BCUT2D eigenvalue weighted by molar-refractivity contribution is 5.82. The van der Waals surface area contributed by atoms with Crippen molar-refractivity contribution in [3.05, 3.63) is 0 Å². The van der Waals surface area contributed by atoms with Gasteiger partial charge in [-0.2, -0.15) is 10.5 Å². The van der Waals surface area contributed by atoms with Crippen LogP contribution >= 0.6 is 0 Å². The molecule has 0 rings (SSSR count). The molecule has 6 heteroatoms. The van der Waals surface area contributed by atoms with Gasteiger partial charge in [-0.05, 0) is 0 Å². The summed E-state index contributed by atoms with van der Waals surface area (Å²) in [7, 11) is 0. The highest BCUT2D eigenvalue weighted by Crippen LogP contribution is 2.15. The van der Waals surface area contributed by atoms with E-state index < -0.39 is 30.2 Å². The molecule has 0 saturated heterocycles. The Kier molecular flexibility index (Phi) is 3.97. The van der Waals surface area contributed by atoms with Gasteiger partial charge in [-0.15, -0.1) is 0 Å². The van der Waals surface area contributed by atoms with Crippen LogP contribution in [0.25, 0.3) is 0 Å². The van der Waals surface area contributed by atoms with Gasteiger partial charge in [0.1, 0.15) is 0 Å². The Morgan fingerprint density at radius 2 is 1.77 bits per heavy atom. The van der Waals surface area contributed by atoms with Crippen molar-refractivity contribution in [1.29, 1.82) is 10.5 Å². The molecule has 2 N–H and O–H groups in total. The van der Waals surface area contributed by atoms with Crippen molar-refractivity contribution >= 4 is 11.9 Å². The number of aliphatic carboxylic acids is 2. The van der Waals surface area contributed by atoms with E-state index in [1.54, 1.807) is 0 Å². The van der Waals surface area contributed by atoms with Gasteiger partial charge < -0.3 is 10.2 Å². The number of rotatable bonds is 4. The van der Waals surface area contributed by atoms with Crippen molar-refractivity contribution in [2.75, 3.05) is 0 Å². The van der Waals surface area contributed by atoms with Crippen LogP contribution in [0.2, 0.25) is 0 Å². The Morgan fingerprint density at radius 3 is 2.00 bits per heavy atom. The van der Waals surface area contributed by atoms with Crippen LogP contribution in [-0.2, 0) is 9.59 Å². The third-order valence-electron chi connectivity index (χ3n) is 1.44. The molecule has 0 aromatic carbocycles. The molecule has 2 unspecified atom stereocenters. The van der Waals surface area contributed by atoms with Gasteiger partial charge in [0.05, 0.1) is 24.5 Å². The van der Waals surface area contributed by atoms with Crippen molar-refractivity contribution in [1.82, 2.24) is 0 Å². The fraction of sp³-hybridized carbons (Fsp3) is 0.429. The summed E-state index contributed by atoms with van der Waals surface area (Å²) in [6, 6.07) is 2.86. The van der Waals surface area contributed by atoms with Gasteiger partial charge in [-0.25, -0.2) is 0 Å². The SMILES string of the molecule is N#CCC(C(=O)O)C(C#N)C(=O)O. The summed E-state index contributed by atoms with van der Waals surface area (Å²) >= 11 is 0. The number of hydrogen-bond donors (Lipinski definition) is 2. The molecule has 0 saturated carbocycles. The molecule has 0 spiro atoms. The molecule has 0 fully saturated rings. The molecular weight excluding hydrogens is 176 g/mol. The van der Waals surface area contributed by atoms with E-state index in [1.807, 2.05) is 0 Å². The van der Waals surface area contributed by atoms with Crippen LogP contribution in [0.5, 0.6) is 0 Å². The van der Waals surface area contributed by atoms with Gasteiger partial charge in [-0.1, -0.05) is 0 Å². The lowest BCUT2D eigenvalue weighted by atomic mass is 9.91. The van der Waals surface area contributed by atoms with E-state index in [4.69, 9.17) is 20.7 Å². The smallest absolute Gasteiger partial charge is 0.321 e. The molecule has 6 nitrogen and oxygen atoms in total. The highest BCUT2D eigenvalue weighted by Gasteiger charge is 2.33. The fourth-order valence-corrected chi connectivity index (χ4v) is 0.763. The van der Waals surface area contributed by atoms with Crippen LogP contribution in [0.1, 0.15) is 6.42 Å². The first-order valence-corrected chi connectivity index (χ1v) is 3.26. The van der Waals surface area contributed by atoms with Crippen LogP contribution in [0, 0.1) is 34.5 Å². The standard InChI is InChI=1S/C7H6N2O4/c8-2-1-4(6(10)11)5(3-9)7(12)13/h4-5H,1H2,(H,10,11)(H,12,13). The van der Waals surface area contributed by atoms with E-state index in [2.05, 4.69) is 0 Å². The summed E-state index contributed by atoms with van der Waals surface area (Å²) in [6.07, 6.45) is -0.486. The lowest BCUT2D eigenvalue weighted by Crippen LogP contribution is -2.28. The number of nitriles is 2. The maximum Gasteiger partial charge on any atom is 0.321 e. The van der Waals surface area contributed by atoms with Crippen molar-refractivity contribution in [2.45, 2.75) is 6.42 Å². The normalized spacial score (nSPS) is 13.4. The Hall–Kier alpha value is -2.08. The zero-order valence-electron chi connectivity index (χ0n) is 6.47. The van der Waals surface area contributed by atoms with Crippen LogP contribution in [-0.4, -0.2) is 22.2 Å². The minimum Gasteiger partial charge on any atom is -0.481 e. The van der Waals surface area contributed by atoms with Crippen molar-refractivity contribution in [3.63, 3.8) is 0 Å². The molecule has 0 amide bonds. The zero-order valence-corrected chi connectivity index (χ0v) is 6.47. The van der Waals surface area contributed by atoms with Gasteiger partial charge in [0, 0.05) is 0 Å². The second-order valence-corrected chi connectivity index (χ2v) is 2.25. The molecule has 0 aliphatic carbocycles. The van der Waals surface area contributed by atoms with Crippen LogP contribution in [0.3, 0.4) is 0 Å². The monoisotopic (exact) mass is 182 g/mol. The Morgan fingerprint density at radius 1 is 1.23 bits per heavy atom. The predicted molar refractivity (Wildman–Crippen MR) is 38.1 cm³/mol. The molecule has 2 atom stereocenters. The molecule has 13 heavy (non-hydrogen) atoms. The summed E-state index contributed by atoms with van der Waals surface area (Å²) in [4.78, 5) is 20.8. The molecule has 0 heterocycles. The first kappa shape index (κ1) is 10.9. The van der Waals surface area contributed by atoms with Gasteiger partial charge in [-0.3, -0.25) is 9.59 Å². The predicted octanol–water partition coefficient (Wildman–Crippen LogP) is -0.175. The Balaban J connectivity index is 4.73. The first-order valence-electron chi connectivity index (χ1n) is 3.26. The van der Waals surface area contributed by atoms with E-state index in [0.29, 0.717) is 0 Å². The summed E-state index contributed by atoms with van der Waals surface area (Å²) in [5.41, 5.74) is 0. The number of nitrogens with zero attached hydrogens (tertiary/aromatic N) is 2. The molecule has 68 valence electrons. The second kappa shape index (κ2) is 4.73. The van der Waals surface area contributed by atoms with Gasteiger partial charge in [0.25, 0.3) is 0 Å². The van der Waals surface area contributed by atoms with Crippen LogP contribution < -0.4 is 0 Å². The average molecular weight is 182 g/mol. The van der Waals surface area contributed by atoms with Gasteiger partial charge in [0.2, 0.25) is 0 Å². The van der Waals surface area contributed by atoms with Gasteiger partial charge in [0.15, 0.2) is 5.92 Å². The molecule has 0 aromatic heterocycles. The molecule has 0 aliphatic rings. The van der Waals surface area contributed by atoms with Crippen molar-refractivity contribution in [2.24, 2.45) is 11.8 Å². The number of carbonyl (C=O) groups is 2. The highest BCUT2D eigenvalue weighted by atomic mass is 16.4. The molecule has 0 bridgehead atoms. The van der Waals surface area contributed by atoms with Crippen molar-refractivity contribution in [3.8, 4) is 12.1 Å². The summed E-state index contributed by atoms with van der Waals surface area (Å²) in [5, 5.41) is 33.4. The summed E-state index contributed by atoms with van der Waals surface area (Å²) in [6.45, 7) is 0. The number of carboxylic acid groups (broad SMARTS) is 2. The first-order chi connectivity index (χ1) is 6.04. The maximum absolute atomic E-state index is 10.4. The van der Waals surface area contributed by atoms with E-state index in [9.17, 15) is 9.59 Å². The van der Waals surface area contributed by atoms with Gasteiger partial charge >= 0.3 is 11.9 Å². The third kappa shape index (κ3) is 2.80. The molecule has 0 radical (unpaired) electrons. The minimum absolute atomic E-state index is 0.486. The van der Waals surface area contributed by atoms with E-state index in [0.717, 1.165) is 0 Å². The third-order valence-corrected chi connectivity index (χ3v) is 1.44. The zero-order chi connectivity index (χ0) is 10.4. The molecular formula is C7H6N2O4. The lowest BCUT2D eigenvalue weighted by Gasteiger charge is -2.09. The quantitative estimate of drug-likeness (QED) is 0.621. The largest absolute Gasteiger partial charge is 0.481 e. The van der Waals surface area contributed by atoms with Crippen LogP contribution in [0.15, 0.2) is 0 Å². The molecule has 0 aliphatic heterocycles. The Bertz CT molecular complexity index is 299. The fourth-order valence-electron chi connectivity index (χ4n) is 0.763. The lowest BCUT2D eigenvalue weighted by molar-refractivity contribution is -0.151. The summed E-state index contributed by atoms with van der Waals surface area (Å²) < 4.78 is 0. The van der Waals surface area contributed by atoms with E-state index >= 15 is 0 Å². The number of hydrogen-bond acceptors (Lipinski definition) is 4. The average Bonchev–Trinajstić information content (AvgIpc) is 2.03. The second-order valence-electron chi connectivity index (χ2n) is 2.25. The molecule has 0 aromatic rings. The van der Waals surface area contributed by atoms with Crippen molar-refractivity contribution < 1.29 is 19.8 Å². The van der Waals surface area contributed by atoms with E-state index in [-0.39, 0.29) is 0 Å². The maximum atomic E-state index is 10.4. The van der Waals surface area contributed by atoms with E-state index in [1.165, 1.54) is 12.1 Å². The van der Waals surface area contributed by atoms with Crippen LogP contribution in [0.4, 0.5) is 0 Å². The Labute approximate surface area is 73.6 Å².